The number of unbranched alkanes of at least 4 members (excludes halogenated alkanes) is 1. The van der Waals surface area contributed by atoms with Crippen LogP contribution in [-0.2, 0) is 0 Å². The standard InChI is InChI=1S/C12H17NO3S/c1-17-10-6-4-5-9(11(10)12(15)16)13-7-2-3-8-14/h4-6,13-14H,2-3,7-8H2,1H3,(H,15,16). The van der Waals surface area contributed by atoms with Gasteiger partial charge in [0.05, 0.1) is 5.56 Å². The molecule has 1 aromatic carbocycles. The first-order chi connectivity index (χ1) is 8.20. The number of aliphatic hydroxyl groups is 1. The lowest BCUT2D eigenvalue weighted by Gasteiger charge is -2.11. The number of anilines is 1. The third kappa shape index (κ3) is 3.94. The van der Waals surface area contributed by atoms with Crippen molar-refractivity contribution in [3.8, 4) is 0 Å². The molecule has 0 radical (unpaired) electrons. The summed E-state index contributed by atoms with van der Waals surface area (Å²) < 4.78 is 0. The minimum Gasteiger partial charge on any atom is -0.478 e. The molecule has 0 heterocycles. The molecule has 0 aliphatic rings. The Kier molecular flexibility index (Phi) is 5.86. The predicted molar refractivity (Wildman–Crippen MR) is 70.0 cm³/mol. The fraction of sp³-hybridized carbons (Fsp3) is 0.417. The monoisotopic (exact) mass is 255 g/mol. The van der Waals surface area contributed by atoms with E-state index < -0.39 is 5.97 Å². The van der Waals surface area contributed by atoms with E-state index in [1.54, 1.807) is 12.1 Å². The molecule has 0 spiro atoms. The molecule has 5 heteroatoms. The molecular weight excluding hydrogens is 238 g/mol. The number of hydrogen-bond donors (Lipinski definition) is 3. The zero-order valence-electron chi connectivity index (χ0n) is 9.77. The van der Waals surface area contributed by atoms with Crippen molar-refractivity contribution in [3.63, 3.8) is 0 Å². The summed E-state index contributed by atoms with van der Waals surface area (Å²) in [5.41, 5.74) is 0.964. The van der Waals surface area contributed by atoms with E-state index in [9.17, 15) is 9.90 Å². The maximum absolute atomic E-state index is 11.2. The second-order valence-corrected chi connectivity index (χ2v) is 4.39. The van der Waals surface area contributed by atoms with Crippen molar-refractivity contribution in [3.05, 3.63) is 23.8 Å². The summed E-state index contributed by atoms with van der Waals surface area (Å²) >= 11 is 1.42. The van der Waals surface area contributed by atoms with Crippen LogP contribution in [0.5, 0.6) is 0 Å². The molecule has 0 amide bonds. The number of rotatable bonds is 7. The third-order valence-corrected chi connectivity index (χ3v) is 3.14. The zero-order chi connectivity index (χ0) is 12.7. The van der Waals surface area contributed by atoms with Gasteiger partial charge in [0.25, 0.3) is 0 Å². The van der Waals surface area contributed by atoms with E-state index >= 15 is 0 Å². The Bertz CT molecular complexity index is 382. The molecule has 0 saturated carbocycles. The lowest BCUT2D eigenvalue weighted by atomic mass is 10.1. The van der Waals surface area contributed by atoms with Gasteiger partial charge in [-0.15, -0.1) is 11.8 Å². The Morgan fingerprint density at radius 3 is 2.76 bits per heavy atom. The molecule has 3 N–H and O–H groups in total. The minimum absolute atomic E-state index is 0.165. The molecule has 17 heavy (non-hydrogen) atoms. The molecule has 0 atom stereocenters. The largest absolute Gasteiger partial charge is 0.478 e. The smallest absolute Gasteiger partial charge is 0.338 e. The molecule has 0 aliphatic heterocycles. The molecular formula is C12H17NO3S. The molecule has 94 valence electrons. The van der Waals surface area contributed by atoms with Crippen LogP contribution in [0.4, 0.5) is 5.69 Å². The first-order valence-electron chi connectivity index (χ1n) is 5.45. The van der Waals surface area contributed by atoms with Gasteiger partial charge in [-0.05, 0) is 31.2 Å². The summed E-state index contributed by atoms with van der Waals surface area (Å²) in [5.74, 6) is -0.917. The maximum Gasteiger partial charge on any atom is 0.338 e. The average molecular weight is 255 g/mol. The highest BCUT2D eigenvalue weighted by atomic mass is 32.2. The number of nitrogens with one attached hydrogen (secondary N) is 1. The molecule has 1 aromatic rings. The van der Waals surface area contributed by atoms with E-state index in [2.05, 4.69) is 5.32 Å². The van der Waals surface area contributed by atoms with Crippen LogP contribution in [0.3, 0.4) is 0 Å². The van der Waals surface area contributed by atoms with Crippen molar-refractivity contribution >= 4 is 23.4 Å². The van der Waals surface area contributed by atoms with Gasteiger partial charge >= 0.3 is 5.97 Å². The van der Waals surface area contributed by atoms with E-state index in [1.165, 1.54) is 11.8 Å². The Labute approximate surface area is 105 Å². The van der Waals surface area contributed by atoms with Gasteiger partial charge in [0.15, 0.2) is 0 Å². The minimum atomic E-state index is -0.917. The van der Waals surface area contributed by atoms with Crippen molar-refractivity contribution in [2.24, 2.45) is 0 Å². The molecule has 0 unspecified atom stereocenters. The molecule has 0 aromatic heterocycles. The van der Waals surface area contributed by atoms with Crippen LogP contribution in [0.1, 0.15) is 23.2 Å². The van der Waals surface area contributed by atoms with Gasteiger partial charge in [-0.3, -0.25) is 0 Å². The topological polar surface area (TPSA) is 69.6 Å². The van der Waals surface area contributed by atoms with Gasteiger partial charge in [0, 0.05) is 23.7 Å². The van der Waals surface area contributed by atoms with Crippen LogP contribution >= 0.6 is 11.8 Å². The second-order valence-electron chi connectivity index (χ2n) is 3.55. The number of benzene rings is 1. The summed E-state index contributed by atoms with van der Waals surface area (Å²) in [6.07, 6.45) is 3.40. The van der Waals surface area contributed by atoms with Crippen LogP contribution in [0.15, 0.2) is 23.1 Å². The second kappa shape index (κ2) is 7.19. The quantitative estimate of drug-likeness (QED) is 0.515. The van der Waals surface area contributed by atoms with Crippen LogP contribution in [0, 0.1) is 0 Å². The molecule has 1 rings (SSSR count). The van der Waals surface area contributed by atoms with Gasteiger partial charge in [-0.2, -0.15) is 0 Å². The Hall–Kier alpha value is -1.20. The Morgan fingerprint density at radius 1 is 1.41 bits per heavy atom. The average Bonchev–Trinajstić information content (AvgIpc) is 2.33. The van der Waals surface area contributed by atoms with Crippen molar-refractivity contribution in [1.29, 1.82) is 0 Å². The first-order valence-corrected chi connectivity index (χ1v) is 6.68. The zero-order valence-corrected chi connectivity index (χ0v) is 10.6. The number of aromatic carboxylic acids is 1. The molecule has 0 fully saturated rings. The number of carbonyl (C=O) groups is 1. The van der Waals surface area contributed by atoms with E-state index in [0.717, 1.165) is 17.7 Å². The first kappa shape index (κ1) is 13.9. The van der Waals surface area contributed by atoms with Crippen LogP contribution in [0.25, 0.3) is 0 Å². The van der Waals surface area contributed by atoms with Crippen LogP contribution in [0.2, 0.25) is 0 Å². The molecule has 0 aliphatic carbocycles. The fourth-order valence-corrected chi connectivity index (χ4v) is 2.15. The van der Waals surface area contributed by atoms with E-state index in [4.69, 9.17) is 5.11 Å². The van der Waals surface area contributed by atoms with E-state index in [0.29, 0.717) is 17.8 Å². The maximum atomic E-state index is 11.2. The highest BCUT2D eigenvalue weighted by Gasteiger charge is 2.14. The van der Waals surface area contributed by atoms with E-state index in [-0.39, 0.29) is 6.61 Å². The van der Waals surface area contributed by atoms with Crippen molar-refractivity contribution in [2.45, 2.75) is 17.7 Å². The van der Waals surface area contributed by atoms with Crippen LogP contribution in [-0.4, -0.2) is 35.6 Å². The third-order valence-electron chi connectivity index (χ3n) is 2.36. The molecule has 0 saturated heterocycles. The van der Waals surface area contributed by atoms with Gasteiger partial charge in [-0.1, -0.05) is 6.07 Å². The Balaban J connectivity index is 2.79. The SMILES string of the molecule is CSc1cccc(NCCCCO)c1C(=O)O. The normalized spacial score (nSPS) is 10.2. The number of carboxylic acids is 1. The predicted octanol–water partition coefficient (Wildman–Crippen LogP) is 2.29. The van der Waals surface area contributed by atoms with Crippen molar-refractivity contribution < 1.29 is 15.0 Å². The summed E-state index contributed by atoms with van der Waals surface area (Å²) in [4.78, 5) is 12.0. The fourth-order valence-electron chi connectivity index (χ4n) is 1.53. The molecule has 0 bridgehead atoms. The highest BCUT2D eigenvalue weighted by molar-refractivity contribution is 7.98. The summed E-state index contributed by atoms with van der Waals surface area (Å²) in [6, 6.07) is 5.40. The van der Waals surface area contributed by atoms with Gasteiger partial charge in [0.1, 0.15) is 0 Å². The highest BCUT2D eigenvalue weighted by Crippen LogP contribution is 2.27. The number of thioether (sulfide) groups is 1. The summed E-state index contributed by atoms with van der Waals surface area (Å²) in [6.45, 7) is 0.830. The Morgan fingerprint density at radius 2 is 2.18 bits per heavy atom. The van der Waals surface area contributed by atoms with E-state index in [1.807, 2.05) is 12.3 Å². The van der Waals surface area contributed by atoms with Crippen molar-refractivity contribution in [2.75, 3.05) is 24.7 Å². The van der Waals surface area contributed by atoms with Gasteiger partial charge < -0.3 is 15.5 Å². The lowest BCUT2D eigenvalue weighted by molar-refractivity contribution is 0.0694. The van der Waals surface area contributed by atoms with Crippen LogP contribution < -0.4 is 5.32 Å². The molecule has 4 nitrogen and oxygen atoms in total. The van der Waals surface area contributed by atoms with Crippen molar-refractivity contribution in [1.82, 2.24) is 0 Å². The number of hydrogen-bond acceptors (Lipinski definition) is 4. The number of aliphatic hydroxyl groups excluding tert-OH is 1. The number of carboxylic acid groups (broad SMARTS) is 1. The summed E-state index contributed by atoms with van der Waals surface area (Å²) in [5, 5.41) is 20.9. The van der Waals surface area contributed by atoms with Gasteiger partial charge in [0.2, 0.25) is 0 Å². The lowest BCUT2D eigenvalue weighted by Crippen LogP contribution is -2.09. The van der Waals surface area contributed by atoms with Gasteiger partial charge in [-0.25, -0.2) is 4.79 Å². The summed E-state index contributed by atoms with van der Waals surface area (Å²) in [7, 11) is 0.